The van der Waals surface area contributed by atoms with Crippen molar-refractivity contribution in [2.24, 2.45) is 0 Å². The number of carbonyl (C=O) groups excluding carboxylic acids is 1. The van der Waals surface area contributed by atoms with Crippen LogP contribution in [0.1, 0.15) is 42.7 Å². The summed E-state index contributed by atoms with van der Waals surface area (Å²) in [4.78, 5) is 22.6. The number of aliphatic hydroxyl groups excluding tert-OH is 1. The maximum absolute atomic E-state index is 11.7. The smallest absolute Gasteiger partial charge is 0.408 e. The maximum Gasteiger partial charge on any atom is 0.408 e. The number of alkyl carbamates (subject to hydrolysis) is 1. The predicted molar refractivity (Wildman–Crippen MR) is 72.6 cm³/mol. The molecule has 3 N–H and O–H groups in total. The normalized spacial score (nSPS) is 12.6. The molecule has 110 valence electrons. The van der Waals surface area contributed by atoms with Gasteiger partial charge in [0.2, 0.25) is 0 Å². The van der Waals surface area contributed by atoms with Gasteiger partial charge < -0.3 is 20.3 Å². The van der Waals surface area contributed by atoms with Gasteiger partial charge in [-0.15, -0.1) is 0 Å². The van der Waals surface area contributed by atoms with Gasteiger partial charge in [-0.3, -0.25) is 0 Å². The summed E-state index contributed by atoms with van der Waals surface area (Å²) < 4.78 is 5.09. The van der Waals surface area contributed by atoms with Gasteiger partial charge in [0.15, 0.2) is 0 Å². The number of hydrogen-bond acceptors (Lipinski definition) is 4. The molecule has 0 spiro atoms. The molecule has 0 heterocycles. The van der Waals surface area contributed by atoms with Gasteiger partial charge in [-0.2, -0.15) is 0 Å². The Kier molecular flexibility index (Phi) is 5.10. The van der Waals surface area contributed by atoms with Crippen LogP contribution in [0.3, 0.4) is 0 Å². The van der Waals surface area contributed by atoms with Crippen LogP contribution in [0.2, 0.25) is 0 Å². The minimum absolute atomic E-state index is 0.0898. The number of amides is 1. The summed E-state index contributed by atoms with van der Waals surface area (Å²) in [6.07, 6.45) is -0.669. The van der Waals surface area contributed by atoms with E-state index in [0.717, 1.165) is 0 Å². The first-order valence-electron chi connectivity index (χ1n) is 6.16. The molecule has 1 aromatic rings. The molecule has 0 aromatic heterocycles. The van der Waals surface area contributed by atoms with Crippen molar-refractivity contribution >= 4 is 12.1 Å². The average molecular weight is 281 g/mol. The van der Waals surface area contributed by atoms with Crippen molar-refractivity contribution < 1.29 is 24.5 Å². The fourth-order valence-corrected chi connectivity index (χ4v) is 1.57. The van der Waals surface area contributed by atoms with E-state index >= 15 is 0 Å². The summed E-state index contributed by atoms with van der Waals surface area (Å²) in [6.45, 7) is 4.82. The lowest BCUT2D eigenvalue weighted by Crippen LogP contribution is -2.36. The molecule has 20 heavy (non-hydrogen) atoms. The number of hydrogen-bond donors (Lipinski definition) is 3. The van der Waals surface area contributed by atoms with E-state index in [-0.39, 0.29) is 12.2 Å². The average Bonchev–Trinajstić information content (AvgIpc) is 2.34. The molecule has 1 amide bonds. The molecule has 0 saturated carbocycles. The van der Waals surface area contributed by atoms with Crippen LogP contribution in [0.15, 0.2) is 24.3 Å². The Bertz CT molecular complexity index is 493. The van der Waals surface area contributed by atoms with Crippen LogP contribution >= 0.6 is 0 Å². The number of aromatic carboxylic acids is 1. The van der Waals surface area contributed by atoms with Crippen LogP contribution in [-0.4, -0.2) is 34.5 Å². The molecule has 6 nitrogen and oxygen atoms in total. The van der Waals surface area contributed by atoms with E-state index in [0.29, 0.717) is 5.56 Å². The van der Waals surface area contributed by atoms with Crippen LogP contribution in [0, 0.1) is 0 Å². The van der Waals surface area contributed by atoms with Gasteiger partial charge >= 0.3 is 12.1 Å². The van der Waals surface area contributed by atoms with Crippen molar-refractivity contribution in [3.05, 3.63) is 35.4 Å². The summed E-state index contributed by atoms with van der Waals surface area (Å²) in [7, 11) is 0. The third-order valence-corrected chi connectivity index (χ3v) is 2.41. The molecule has 1 rings (SSSR count). The van der Waals surface area contributed by atoms with Crippen LogP contribution in [0.5, 0.6) is 0 Å². The first-order chi connectivity index (χ1) is 9.23. The number of benzene rings is 1. The molecular formula is C14H19NO5. The third kappa shape index (κ3) is 4.89. The van der Waals surface area contributed by atoms with Crippen molar-refractivity contribution in [2.45, 2.75) is 32.4 Å². The topological polar surface area (TPSA) is 95.9 Å². The van der Waals surface area contributed by atoms with Gasteiger partial charge in [-0.1, -0.05) is 12.1 Å². The minimum atomic E-state index is -1.07. The van der Waals surface area contributed by atoms with E-state index in [4.69, 9.17) is 9.84 Å². The molecule has 0 fully saturated rings. The number of aliphatic hydroxyl groups is 1. The first kappa shape index (κ1) is 16.0. The molecule has 0 aliphatic rings. The first-order valence-corrected chi connectivity index (χ1v) is 6.16. The monoisotopic (exact) mass is 281 g/mol. The van der Waals surface area contributed by atoms with Crippen LogP contribution in [-0.2, 0) is 4.74 Å². The minimum Gasteiger partial charge on any atom is -0.478 e. The maximum atomic E-state index is 11.7. The van der Waals surface area contributed by atoms with Crippen LogP contribution in [0.4, 0.5) is 4.79 Å². The molecule has 1 unspecified atom stereocenters. The molecular weight excluding hydrogens is 262 g/mol. The Morgan fingerprint density at radius 1 is 1.35 bits per heavy atom. The molecule has 0 bridgehead atoms. The second-order valence-electron chi connectivity index (χ2n) is 5.31. The lowest BCUT2D eigenvalue weighted by Gasteiger charge is -2.23. The molecule has 6 heteroatoms. The van der Waals surface area contributed by atoms with E-state index in [1.807, 2.05) is 0 Å². The SMILES string of the molecule is CC(C)(C)OC(=O)NC(CO)c1cccc(C(=O)O)c1. The Labute approximate surface area is 117 Å². The summed E-state index contributed by atoms with van der Waals surface area (Å²) >= 11 is 0. The van der Waals surface area contributed by atoms with Crippen molar-refractivity contribution in [3.63, 3.8) is 0 Å². The van der Waals surface area contributed by atoms with Crippen molar-refractivity contribution in [1.82, 2.24) is 5.32 Å². The summed E-state index contributed by atoms with van der Waals surface area (Å²) in [5, 5.41) is 20.8. The Balaban J connectivity index is 2.83. The van der Waals surface area contributed by atoms with Gasteiger partial charge in [-0.05, 0) is 38.5 Å². The highest BCUT2D eigenvalue weighted by molar-refractivity contribution is 5.87. The van der Waals surface area contributed by atoms with Crippen molar-refractivity contribution in [3.8, 4) is 0 Å². The standard InChI is InChI=1S/C14H19NO5/c1-14(2,3)20-13(19)15-11(8-16)9-5-4-6-10(7-9)12(17)18/h4-7,11,16H,8H2,1-3H3,(H,15,19)(H,17,18). The molecule has 1 aromatic carbocycles. The molecule has 0 aliphatic heterocycles. The molecule has 0 radical (unpaired) electrons. The number of ether oxygens (including phenoxy) is 1. The van der Waals surface area contributed by atoms with E-state index in [1.165, 1.54) is 12.1 Å². The highest BCUT2D eigenvalue weighted by Gasteiger charge is 2.20. The van der Waals surface area contributed by atoms with Crippen molar-refractivity contribution in [2.75, 3.05) is 6.61 Å². The van der Waals surface area contributed by atoms with Gasteiger partial charge in [0.1, 0.15) is 5.60 Å². The summed E-state index contributed by atoms with van der Waals surface area (Å²) in [5.41, 5.74) is -0.0577. The van der Waals surface area contributed by atoms with Crippen LogP contribution in [0.25, 0.3) is 0 Å². The van der Waals surface area contributed by atoms with Gasteiger partial charge in [0.05, 0.1) is 18.2 Å². The van der Waals surface area contributed by atoms with E-state index < -0.39 is 23.7 Å². The summed E-state index contributed by atoms with van der Waals surface area (Å²) in [6, 6.07) is 5.31. The largest absolute Gasteiger partial charge is 0.478 e. The molecule has 0 aliphatic carbocycles. The van der Waals surface area contributed by atoms with E-state index in [1.54, 1.807) is 32.9 Å². The Morgan fingerprint density at radius 2 is 2.00 bits per heavy atom. The van der Waals surface area contributed by atoms with Gasteiger partial charge in [-0.25, -0.2) is 9.59 Å². The summed E-state index contributed by atoms with van der Waals surface area (Å²) in [5.74, 6) is -1.07. The fourth-order valence-electron chi connectivity index (χ4n) is 1.57. The number of carboxylic acids is 1. The number of rotatable bonds is 4. The lowest BCUT2D eigenvalue weighted by atomic mass is 10.0. The highest BCUT2D eigenvalue weighted by Crippen LogP contribution is 2.16. The zero-order chi connectivity index (χ0) is 15.3. The Morgan fingerprint density at radius 3 is 2.50 bits per heavy atom. The van der Waals surface area contributed by atoms with E-state index in [9.17, 15) is 14.7 Å². The Hall–Kier alpha value is -2.08. The van der Waals surface area contributed by atoms with Crippen molar-refractivity contribution in [1.29, 1.82) is 0 Å². The number of carbonyl (C=O) groups is 2. The molecule has 0 saturated heterocycles. The van der Waals surface area contributed by atoms with E-state index in [2.05, 4.69) is 5.32 Å². The second-order valence-corrected chi connectivity index (χ2v) is 5.31. The quantitative estimate of drug-likeness (QED) is 0.783. The molecule has 1 atom stereocenters. The van der Waals surface area contributed by atoms with Gasteiger partial charge in [0.25, 0.3) is 0 Å². The third-order valence-electron chi connectivity index (χ3n) is 2.41. The fraction of sp³-hybridized carbons (Fsp3) is 0.429. The number of carboxylic acid groups (broad SMARTS) is 1. The van der Waals surface area contributed by atoms with Crippen LogP contribution < -0.4 is 5.32 Å². The second kappa shape index (κ2) is 6.38. The zero-order valence-corrected chi connectivity index (χ0v) is 11.7. The van der Waals surface area contributed by atoms with Gasteiger partial charge in [0, 0.05) is 0 Å². The number of nitrogens with one attached hydrogen (secondary N) is 1. The highest BCUT2D eigenvalue weighted by atomic mass is 16.6. The lowest BCUT2D eigenvalue weighted by molar-refractivity contribution is 0.0481. The zero-order valence-electron chi connectivity index (χ0n) is 11.7. The predicted octanol–water partition coefficient (Wildman–Crippen LogP) is 1.94.